The predicted molar refractivity (Wildman–Crippen MR) is 213 cm³/mol. The van der Waals surface area contributed by atoms with E-state index in [1.54, 1.807) is 13.8 Å². The molecule has 0 radical (unpaired) electrons. The molecule has 7 N–H and O–H groups in total. The van der Waals surface area contributed by atoms with E-state index in [1.807, 2.05) is 0 Å². The molecule has 5 saturated carbocycles. The molecule has 0 aromatic carbocycles. The van der Waals surface area contributed by atoms with Crippen molar-refractivity contribution < 1.29 is 78.5 Å². The SMILES string of the molecule is CC(=O)O[C@H]1[C@H](O[C@H]2CC[C@]34C[C@]35CC[C@]3(C)[C@H]([C@]6(C)CC[C@@H](C(C)(C)O)O6)[C@H](O)C[C@@]3(C)[C@@H]5C[C@H](O[C@@H]3O[C@H](CO)[C@@H](O)[C@H](O)[C@H]3O)[C@@H]4C2(C)C)OC[C@@H](O)[C@H]1OC(C)=O. The Hall–Kier alpha value is -1.54. The smallest absolute Gasteiger partial charge is 0.303 e. The Morgan fingerprint density at radius 1 is 0.754 bits per heavy atom. The largest absolute Gasteiger partial charge is 0.455 e. The maximum atomic E-state index is 12.4. The van der Waals surface area contributed by atoms with E-state index in [9.17, 15) is 45.3 Å². The highest BCUT2D eigenvalue weighted by molar-refractivity contribution is 5.67. The molecule has 61 heavy (non-hydrogen) atoms. The van der Waals surface area contributed by atoms with Crippen molar-refractivity contribution in [2.75, 3.05) is 13.2 Å². The summed E-state index contributed by atoms with van der Waals surface area (Å²) in [5.41, 5.74) is -3.46. The lowest BCUT2D eigenvalue weighted by Crippen LogP contribution is -2.65. The molecule has 8 rings (SSSR count). The predicted octanol–water partition coefficient (Wildman–Crippen LogP) is 1.87. The first kappa shape index (κ1) is 46.0. The van der Waals surface area contributed by atoms with E-state index in [2.05, 4.69) is 34.6 Å². The third kappa shape index (κ3) is 6.89. The second kappa shape index (κ2) is 15.3. The Labute approximate surface area is 358 Å². The van der Waals surface area contributed by atoms with Crippen LogP contribution in [0.25, 0.3) is 0 Å². The molecule has 0 unspecified atom stereocenters. The van der Waals surface area contributed by atoms with Crippen molar-refractivity contribution in [3.05, 3.63) is 0 Å². The average Bonchev–Trinajstić information content (AvgIpc) is 3.52. The monoisotopic (exact) mass is 868 g/mol. The zero-order valence-electron chi connectivity index (χ0n) is 37.3. The van der Waals surface area contributed by atoms with Crippen LogP contribution in [0.1, 0.15) is 120 Å². The lowest BCUT2D eigenvalue weighted by atomic mass is 9.41. The van der Waals surface area contributed by atoms with Crippen LogP contribution in [0.2, 0.25) is 0 Å². The van der Waals surface area contributed by atoms with E-state index in [0.29, 0.717) is 25.7 Å². The van der Waals surface area contributed by atoms with Crippen molar-refractivity contribution in [1.29, 1.82) is 0 Å². The summed E-state index contributed by atoms with van der Waals surface area (Å²) in [5, 5.41) is 77.1. The van der Waals surface area contributed by atoms with Crippen LogP contribution in [0.4, 0.5) is 0 Å². The van der Waals surface area contributed by atoms with Gasteiger partial charge in [0.2, 0.25) is 0 Å². The minimum Gasteiger partial charge on any atom is -0.455 e. The maximum Gasteiger partial charge on any atom is 0.303 e. The quantitative estimate of drug-likeness (QED) is 0.129. The minimum atomic E-state index is -1.63. The molecule has 0 aromatic heterocycles. The van der Waals surface area contributed by atoms with Gasteiger partial charge in [-0.05, 0) is 117 Å². The van der Waals surface area contributed by atoms with Gasteiger partial charge >= 0.3 is 11.9 Å². The Kier molecular flexibility index (Phi) is 11.5. The van der Waals surface area contributed by atoms with Crippen molar-refractivity contribution in [1.82, 2.24) is 0 Å². The molecule has 2 spiro atoms. The molecule has 3 aliphatic heterocycles. The molecule has 8 aliphatic rings. The summed E-state index contributed by atoms with van der Waals surface area (Å²) in [6, 6.07) is 0. The molecule has 0 aromatic rings. The summed E-state index contributed by atoms with van der Waals surface area (Å²) >= 11 is 0. The molecule has 348 valence electrons. The Morgan fingerprint density at radius 2 is 1.43 bits per heavy atom. The van der Waals surface area contributed by atoms with Gasteiger partial charge < -0.3 is 68.9 Å². The van der Waals surface area contributed by atoms with Crippen LogP contribution in [0.15, 0.2) is 0 Å². The van der Waals surface area contributed by atoms with E-state index in [1.165, 1.54) is 13.8 Å². The van der Waals surface area contributed by atoms with Gasteiger partial charge in [-0.25, -0.2) is 0 Å². The normalized spacial score (nSPS) is 53.8. The second-order valence-corrected chi connectivity index (χ2v) is 22.2. The number of aliphatic hydroxyl groups is 7. The number of hydrogen-bond donors (Lipinski definition) is 7. The topological polar surface area (TPSA) is 240 Å². The first-order valence-electron chi connectivity index (χ1n) is 22.6. The van der Waals surface area contributed by atoms with Gasteiger partial charge in [-0.3, -0.25) is 9.59 Å². The number of aliphatic hydroxyl groups excluding tert-OH is 6. The van der Waals surface area contributed by atoms with Gasteiger partial charge in [-0.1, -0.05) is 27.7 Å². The number of carbonyl (C=O) groups is 2. The molecule has 21 atom stereocenters. The number of rotatable bonds is 9. The van der Waals surface area contributed by atoms with Crippen molar-refractivity contribution in [3.63, 3.8) is 0 Å². The van der Waals surface area contributed by atoms with Crippen LogP contribution in [-0.2, 0) is 42.7 Å². The van der Waals surface area contributed by atoms with Gasteiger partial charge in [0.05, 0.1) is 48.8 Å². The minimum absolute atomic E-state index is 0.0638. The Balaban J connectivity index is 1.15. The fourth-order valence-corrected chi connectivity index (χ4v) is 15.5. The summed E-state index contributed by atoms with van der Waals surface area (Å²) in [6.45, 7) is 16.1. The van der Waals surface area contributed by atoms with Crippen LogP contribution in [0.5, 0.6) is 0 Å². The maximum absolute atomic E-state index is 12.4. The fraction of sp³-hybridized carbons (Fsp3) is 0.956. The number of esters is 2. The van der Waals surface area contributed by atoms with E-state index in [0.717, 1.165) is 32.1 Å². The average molecular weight is 869 g/mol. The number of hydrogen-bond acceptors (Lipinski definition) is 16. The number of fused-ring (bicyclic) bond motifs is 2. The second-order valence-electron chi connectivity index (χ2n) is 22.2. The molecule has 16 nitrogen and oxygen atoms in total. The van der Waals surface area contributed by atoms with Gasteiger partial charge in [-0.2, -0.15) is 0 Å². The molecular weight excluding hydrogens is 796 g/mol. The Bertz CT molecular complexity index is 1680. The van der Waals surface area contributed by atoms with Gasteiger partial charge in [0.15, 0.2) is 24.8 Å². The molecule has 16 heteroatoms. The highest BCUT2D eigenvalue weighted by atomic mass is 16.7. The Morgan fingerprint density at radius 3 is 2.05 bits per heavy atom. The van der Waals surface area contributed by atoms with Crippen molar-refractivity contribution in [2.24, 2.45) is 44.8 Å². The van der Waals surface area contributed by atoms with Gasteiger partial charge in [-0.15, -0.1) is 0 Å². The van der Waals surface area contributed by atoms with Crippen molar-refractivity contribution in [3.8, 4) is 0 Å². The van der Waals surface area contributed by atoms with E-state index >= 15 is 0 Å². The third-order valence-corrected chi connectivity index (χ3v) is 18.2. The number of ether oxygens (including phenoxy) is 7. The molecule has 0 bridgehead atoms. The molecule has 8 fully saturated rings. The molecule has 3 saturated heterocycles. The van der Waals surface area contributed by atoms with Crippen molar-refractivity contribution in [2.45, 2.75) is 211 Å². The van der Waals surface area contributed by atoms with E-state index < -0.39 is 109 Å². The summed E-state index contributed by atoms with van der Waals surface area (Å²) in [4.78, 5) is 24.5. The van der Waals surface area contributed by atoms with E-state index in [-0.39, 0.29) is 52.1 Å². The molecule has 5 aliphatic carbocycles. The van der Waals surface area contributed by atoms with Crippen molar-refractivity contribution >= 4 is 11.9 Å². The van der Waals surface area contributed by atoms with Gasteiger partial charge in [0, 0.05) is 19.8 Å². The summed E-state index contributed by atoms with van der Waals surface area (Å²) in [6.07, 6.45) is -7.80. The molecular formula is C45H72O16. The first-order chi connectivity index (χ1) is 28.3. The lowest BCUT2D eigenvalue weighted by Gasteiger charge is -2.65. The van der Waals surface area contributed by atoms with Crippen LogP contribution >= 0.6 is 0 Å². The summed E-state index contributed by atoms with van der Waals surface area (Å²) in [7, 11) is 0. The summed E-state index contributed by atoms with van der Waals surface area (Å²) < 4.78 is 43.6. The fourth-order valence-electron chi connectivity index (χ4n) is 15.5. The van der Waals surface area contributed by atoms with Crippen LogP contribution in [-0.4, -0.2) is 152 Å². The number of carbonyl (C=O) groups excluding carboxylic acids is 2. The molecule has 0 amide bonds. The molecule has 3 heterocycles. The van der Waals surface area contributed by atoms with Gasteiger partial charge in [0.25, 0.3) is 0 Å². The summed E-state index contributed by atoms with van der Waals surface area (Å²) in [5.74, 6) is -1.67. The highest BCUT2D eigenvalue weighted by Gasteiger charge is 2.85. The van der Waals surface area contributed by atoms with Crippen LogP contribution in [0.3, 0.4) is 0 Å². The zero-order valence-corrected chi connectivity index (χ0v) is 37.3. The standard InChI is InChI=1S/C45H72O16/c1-21(47)56-33-24(50)19-55-38(34(33)57-22(2)48)60-28-11-13-45-20-44(45)15-14-41(7)35(43(9)12-10-29(61-43)40(5,6)54)23(49)17-42(41,8)27(44)16-25(36(45)39(28,3)4)58-37-32(53)31(52)30(51)26(18-46)59-37/h23-38,46,49-54H,10-20H2,1-9H3/t23-,24-,25+,26-,27+,28+,29+,30-,31+,32-,33-,34-,35-,36-,37-,38+,41-,42+,43+,44+,45-/m1/s1. The van der Waals surface area contributed by atoms with Gasteiger partial charge in [0.1, 0.15) is 30.5 Å². The highest BCUT2D eigenvalue weighted by Crippen LogP contribution is 2.89. The first-order valence-corrected chi connectivity index (χ1v) is 22.6. The zero-order chi connectivity index (χ0) is 44.6. The lowest BCUT2D eigenvalue weighted by molar-refractivity contribution is -0.339. The van der Waals surface area contributed by atoms with Crippen LogP contribution in [0, 0.1) is 44.8 Å². The van der Waals surface area contributed by atoms with Crippen LogP contribution < -0.4 is 0 Å². The third-order valence-electron chi connectivity index (χ3n) is 18.2. The van der Waals surface area contributed by atoms with E-state index in [4.69, 9.17) is 33.2 Å².